The summed E-state index contributed by atoms with van der Waals surface area (Å²) < 4.78 is 0. The SMILES string of the molecule is CC(=O)NCCCc1ccc(-c2csc(NC(=O)c3cccc(NC(C)=O)c3)n2)cc1. The molecule has 0 spiro atoms. The zero-order chi connectivity index (χ0) is 22.2. The van der Waals surface area contributed by atoms with Gasteiger partial charge in [-0.05, 0) is 36.6 Å². The molecule has 8 heteroatoms. The molecule has 7 nitrogen and oxygen atoms in total. The maximum absolute atomic E-state index is 12.5. The van der Waals surface area contributed by atoms with Gasteiger partial charge in [0.25, 0.3) is 5.91 Å². The number of hydrogen-bond acceptors (Lipinski definition) is 5. The largest absolute Gasteiger partial charge is 0.356 e. The zero-order valence-corrected chi connectivity index (χ0v) is 18.2. The second-order valence-corrected chi connectivity index (χ2v) is 7.90. The number of amides is 3. The number of thiazole rings is 1. The van der Waals surface area contributed by atoms with Crippen LogP contribution in [0.3, 0.4) is 0 Å². The number of carbonyl (C=O) groups excluding carboxylic acids is 3. The molecule has 1 heterocycles. The molecule has 0 saturated heterocycles. The average Bonchev–Trinajstić information content (AvgIpc) is 3.19. The van der Waals surface area contributed by atoms with Crippen LogP contribution in [0.4, 0.5) is 10.8 Å². The van der Waals surface area contributed by atoms with Crippen LogP contribution in [0.25, 0.3) is 11.3 Å². The van der Waals surface area contributed by atoms with Crippen molar-refractivity contribution in [2.75, 3.05) is 17.2 Å². The van der Waals surface area contributed by atoms with Crippen molar-refractivity contribution < 1.29 is 14.4 Å². The van der Waals surface area contributed by atoms with Crippen LogP contribution in [0.5, 0.6) is 0 Å². The Kier molecular flexibility index (Phi) is 7.50. The third-order valence-electron chi connectivity index (χ3n) is 4.44. The molecule has 0 saturated carbocycles. The van der Waals surface area contributed by atoms with E-state index >= 15 is 0 Å². The van der Waals surface area contributed by atoms with Crippen LogP contribution in [0.2, 0.25) is 0 Å². The maximum Gasteiger partial charge on any atom is 0.257 e. The molecule has 3 aromatic rings. The van der Waals surface area contributed by atoms with Crippen LogP contribution in [-0.4, -0.2) is 29.3 Å². The fraction of sp³-hybridized carbons (Fsp3) is 0.217. The second kappa shape index (κ2) is 10.5. The van der Waals surface area contributed by atoms with E-state index in [-0.39, 0.29) is 17.7 Å². The highest BCUT2D eigenvalue weighted by molar-refractivity contribution is 7.14. The van der Waals surface area contributed by atoms with E-state index in [2.05, 4.69) is 20.9 Å². The Hall–Kier alpha value is -3.52. The van der Waals surface area contributed by atoms with Gasteiger partial charge in [0.15, 0.2) is 5.13 Å². The van der Waals surface area contributed by atoms with E-state index in [0.29, 0.717) is 22.9 Å². The number of nitrogens with zero attached hydrogens (tertiary/aromatic N) is 1. The molecule has 2 aromatic carbocycles. The van der Waals surface area contributed by atoms with Crippen LogP contribution in [-0.2, 0) is 16.0 Å². The lowest BCUT2D eigenvalue weighted by atomic mass is 10.1. The Morgan fingerprint density at radius 2 is 1.74 bits per heavy atom. The quantitative estimate of drug-likeness (QED) is 0.463. The molecule has 1 aromatic heterocycles. The summed E-state index contributed by atoms with van der Waals surface area (Å²) in [6.45, 7) is 3.60. The van der Waals surface area contributed by atoms with Gasteiger partial charge in [0, 0.05) is 42.6 Å². The average molecular weight is 437 g/mol. The molecule has 0 aliphatic rings. The van der Waals surface area contributed by atoms with Gasteiger partial charge in [0.2, 0.25) is 11.8 Å². The van der Waals surface area contributed by atoms with Gasteiger partial charge >= 0.3 is 0 Å². The normalized spacial score (nSPS) is 10.4. The summed E-state index contributed by atoms with van der Waals surface area (Å²) in [6.07, 6.45) is 1.77. The van der Waals surface area contributed by atoms with E-state index in [0.717, 1.165) is 24.1 Å². The summed E-state index contributed by atoms with van der Waals surface area (Å²) >= 11 is 1.35. The topological polar surface area (TPSA) is 100 Å². The molecule has 0 aliphatic heterocycles. The Morgan fingerprint density at radius 1 is 0.968 bits per heavy atom. The molecule has 0 radical (unpaired) electrons. The number of aryl methyl sites for hydroxylation is 1. The Balaban J connectivity index is 1.59. The van der Waals surface area contributed by atoms with Gasteiger partial charge in [0.1, 0.15) is 0 Å². The molecular weight excluding hydrogens is 412 g/mol. The van der Waals surface area contributed by atoms with E-state index in [4.69, 9.17) is 0 Å². The zero-order valence-electron chi connectivity index (χ0n) is 17.4. The minimum absolute atomic E-state index is 0.0118. The van der Waals surface area contributed by atoms with E-state index in [1.54, 1.807) is 24.3 Å². The molecule has 0 aliphatic carbocycles. The van der Waals surface area contributed by atoms with Crippen LogP contribution in [0.1, 0.15) is 36.2 Å². The lowest BCUT2D eigenvalue weighted by molar-refractivity contribution is -0.119. The van der Waals surface area contributed by atoms with Crippen LogP contribution >= 0.6 is 11.3 Å². The molecule has 0 atom stereocenters. The molecule has 3 amide bonds. The minimum Gasteiger partial charge on any atom is -0.356 e. The first-order valence-corrected chi connectivity index (χ1v) is 10.8. The first-order valence-electron chi connectivity index (χ1n) is 9.89. The van der Waals surface area contributed by atoms with Gasteiger partial charge in [0.05, 0.1) is 5.69 Å². The number of rotatable bonds is 8. The molecule has 160 valence electrons. The Morgan fingerprint density at radius 3 is 2.45 bits per heavy atom. The van der Waals surface area contributed by atoms with E-state index < -0.39 is 0 Å². The van der Waals surface area contributed by atoms with Crippen molar-refractivity contribution in [1.82, 2.24) is 10.3 Å². The van der Waals surface area contributed by atoms with Crippen molar-refractivity contribution in [3.63, 3.8) is 0 Å². The Labute approximate surface area is 184 Å². The number of anilines is 2. The van der Waals surface area contributed by atoms with Crippen LogP contribution < -0.4 is 16.0 Å². The molecule has 0 unspecified atom stereocenters. The fourth-order valence-electron chi connectivity index (χ4n) is 2.97. The lowest BCUT2D eigenvalue weighted by Crippen LogP contribution is -2.21. The Bertz CT molecular complexity index is 1080. The van der Waals surface area contributed by atoms with Gasteiger partial charge in [-0.25, -0.2) is 4.98 Å². The number of benzene rings is 2. The number of aromatic nitrogens is 1. The molecule has 0 fully saturated rings. The molecule has 3 N–H and O–H groups in total. The van der Waals surface area contributed by atoms with Gasteiger partial charge < -0.3 is 10.6 Å². The van der Waals surface area contributed by atoms with Gasteiger partial charge in [-0.2, -0.15) is 0 Å². The van der Waals surface area contributed by atoms with E-state index in [1.165, 1.54) is 30.7 Å². The maximum atomic E-state index is 12.5. The fourth-order valence-corrected chi connectivity index (χ4v) is 3.69. The summed E-state index contributed by atoms with van der Waals surface area (Å²) in [7, 11) is 0. The van der Waals surface area contributed by atoms with Crippen molar-refractivity contribution in [3.05, 3.63) is 65.0 Å². The monoisotopic (exact) mass is 436 g/mol. The first kappa shape index (κ1) is 22.2. The highest BCUT2D eigenvalue weighted by Crippen LogP contribution is 2.26. The minimum atomic E-state index is -0.289. The van der Waals surface area contributed by atoms with Crippen molar-refractivity contribution in [2.45, 2.75) is 26.7 Å². The summed E-state index contributed by atoms with van der Waals surface area (Å²) in [5.41, 5.74) is 3.95. The predicted octanol–water partition coefficient (Wildman–Crippen LogP) is 4.09. The standard InChI is InChI=1S/C23H24N4O3S/c1-15(28)24-12-4-5-17-8-10-18(11-9-17)21-14-31-23(26-21)27-22(30)19-6-3-7-20(13-19)25-16(2)29/h3,6-11,13-14H,4-5,12H2,1-2H3,(H,24,28)(H,25,29)(H,26,27,30). The highest BCUT2D eigenvalue weighted by atomic mass is 32.1. The van der Waals surface area contributed by atoms with Gasteiger partial charge in [-0.1, -0.05) is 30.3 Å². The van der Waals surface area contributed by atoms with E-state index in [9.17, 15) is 14.4 Å². The smallest absolute Gasteiger partial charge is 0.257 e. The van der Waals surface area contributed by atoms with Crippen molar-refractivity contribution in [3.8, 4) is 11.3 Å². The van der Waals surface area contributed by atoms with Crippen LogP contribution in [0, 0.1) is 0 Å². The molecule has 31 heavy (non-hydrogen) atoms. The van der Waals surface area contributed by atoms with Gasteiger partial charge in [-0.15, -0.1) is 11.3 Å². The number of carbonyl (C=O) groups is 3. The third kappa shape index (κ3) is 6.75. The molecule has 0 bridgehead atoms. The van der Waals surface area contributed by atoms with Crippen molar-refractivity contribution in [2.24, 2.45) is 0 Å². The summed E-state index contributed by atoms with van der Waals surface area (Å²) in [5, 5.41) is 10.7. The number of hydrogen-bond donors (Lipinski definition) is 3. The number of nitrogens with one attached hydrogen (secondary N) is 3. The summed E-state index contributed by atoms with van der Waals surface area (Å²) in [6, 6.07) is 14.9. The second-order valence-electron chi connectivity index (χ2n) is 7.04. The van der Waals surface area contributed by atoms with Crippen molar-refractivity contribution in [1.29, 1.82) is 0 Å². The molecular formula is C23H24N4O3S. The molecule has 3 rings (SSSR count). The summed E-state index contributed by atoms with van der Waals surface area (Å²) in [4.78, 5) is 39.1. The lowest BCUT2D eigenvalue weighted by Gasteiger charge is -2.05. The van der Waals surface area contributed by atoms with Crippen LogP contribution in [0.15, 0.2) is 53.9 Å². The van der Waals surface area contributed by atoms with Crippen molar-refractivity contribution >= 4 is 39.9 Å². The van der Waals surface area contributed by atoms with Gasteiger partial charge in [-0.3, -0.25) is 19.7 Å². The highest BCUT2D eigenvalue weighted by Gasteiger charge is 2.11. The first-order chi connectivity index (χ1) is 14.9. The third-order valence-corrected chi connectivity index (χ3v) is 5.19. The van der Waals surface area contributed by atoms with E-state index in [1.807, 2.05) is 29.6 Å². The predicted molar refractivity (Wildman–Crippen MR) is 123 cm³/mol. The summed E-state index contributed by atoms with van der Waals surface area (Å²) in [5.74, 6) is -0.495.